The van der Waals surface area contributed by atoms with Crippen molar-refractivity contribution in [3.8, 4) is 11.5 Å². The smallest absolute Gasteiger partial charge is 0.338 e. The number of rotatable bonds is 6. The van der Waals surface area contributed by atoms with Crippen molar-refractivity contribution in [3.05, 3.63) is 84.5 Å². The van der Waals surface area contributed by atoms with Crippen molar-refractivity contribution in [3.63, 3.8) is 0 Å². The molecule has 2 aliphatic heterocycles. The van der Waals surface area contributed by atoms with E-state index in [1.807, 2.05) is 31.2 Å². The second-order valence-electron chi connectivity index (χ2n) is 8.72. The van der Waals surface area contributed by atoms with Crippen molar-refractivity contribution in [1.82, 2.24) is 4.57 Å². The lowest BCUT2D eigenvalue weighted by Crippen LogP contribution is -2.40. The number of anilines is 1. The number of hydrogen-bond donors (Lipinski definition) is 0. The molecule has 2 aromatic carbocycles. The van der Waals surface area contributed by atoms with Crippen molar-refractivity contribution in [2.75, 3.05) is 32.3 Å². The lowest BCUT2D eigenvalue weighted by molar-refractivity contribution is -0.139. The topological polar surface area (TPSA) is 99.4 Å². The summed E-state index contributed by atoms with van der Waals surface area (Å²) in [6.07, 6.45) is 0. The number of methoxy groups -OCH3 is 1. The van der Waals surface area contributed by atoms with Crippen LogP contribution in [-0.4, -0.2) is 43.8 Å². The number of carbonyl (C=O) groups is 2. The van der Waals surface area contributed by atoms with Crippen molar-refractivity contribution in [1.29, 1.82) is 0 Å². The summed E-state index contributed by atoms with van der Waals surface area (Å²) >= 11 is 1.14. The van der Waals surface area contributed by atoms with Crippen molar-refractivity contribution in [2.24, 2.45) is 4.99 Å². The van der Waals surface area contributed by atoms with E-state index >= 15 is 0 Å². The van der Waals surface area contributed by atoms with Gasteiger partial charge < -0.3 is 19.1 Å². The molecule has 196 valence electrons. The zero-order valence-corrected chi connectivity index (χ0v) is 22.5. The maximum atomic E-state index is 14.1. The number of aromatic nitrogens is 1. The number of fused-ring (bicyclic) bond motifs is 2. The van der Waals surface area contributed by atoms with Gasteiger partial charge in [-0.05, 0) is 44.5 Å². The molecule has 0 N–H and O–H groups in total. The third-order valence-corrected chi connectivity index (χ3v) is 7.63. The molecule has 10 heteroatoms. The van der Waals surface area contributed by atoms with Crippen LogP contribution in [0.15, 0.2) is 63.5 Å². The van der Waals surface area contributed by atoms with Crippen LogP contribution >= 0.6 is 11.3 Å². The molecule has 1 atom stereocenters. The number of benzene rings is 2. The number of hydrogen-bond acceptors (Lipinski definition) is 8. The molecule has 0 spiro atoms. The normalized spacial score (nSPS) is 17.7. The highest BCUT2D eigenvalue weighted by Crippen LogP contribution is 2.37. The summed E-state index contributed by atoms with van der Waals surface area (Å²) in [6.45, 7) is 5.93. The van der Waals surface area contributed by atoms with E-state index in [0.717, 1.165) is 17.0 Å². The molecule has 5 rings (SSSR count). The molecule has 0 radical (unpaired) electrons. The third-order valence-electron chi connectivity index (χ3n) is 6.58. The van der Waals surface area contributed by atoms with Crippen LogP contribution in [-0.2, 0) is 14.3 Å². The minimum absolute atomic E-state index is 0.168. The fourth-order valence-corrected chi connectivity index (χ4v) is 6.01. The molecular formula is C28H27N3O6S. The quantitative estimate of drug-likeness (QED) is 0.452. The molecule has 0 bridgehead atoms. The first-order valence-electron chi connectivity index (χ1n) is 12.2. The first-order valence-corrected chi connectivity index (χ1v) is 13.0. The van der Waals surface area contributed by atoms with Crippen LogP contribution in [0.2, 0.25) is 0 Å². The zero-order chi connectivity index (χ0) is 27.1. The second kappa shape index (κ2) is 9.94. The molecule has 1 amide bonds. The van der Waals surface area contributed by atoms with Gasteiger partial charge in [-0.3, -0.25) is 14.2 Å². The van der Waals surface area contributed by atoms with E-state index in [9.17, 15) is 14.4 Å². The molecule has 3 aromatic rings. The summed E-state index contributed by atoms with van der Waals surface area (Å²) in [6, 6.07) is 11.8. The van der Waals surface area contributed by atoms with E-state index in [1.165, 1.54) is 16.6 Å². The number of ether oxygens (including phenoxy) is 3. The Hall–Kier alpha value is -4.18. The maximum Gasteiger partial charge on any atom is 0.338 e. The summed E-state index contributed by atoms with van der Waals surface area (Å²) < 4.78 is 18.3. The number of para-hydroxylation sites is 1. The number of carbonyl (C=O) groups excluding carboxylic acids is 2. The van der Waals surface area contributed by atoms with Crippen LogP contribution in [0.5, 0.6) is 11.5 Å². The summed E-state index contributed by atoms with van der Waals surface area (Å²) in [7, 11) is 3.21. The average molecular weight is 534 g/mol. The first-order chi connectivity index (χ1) is 18.3. The average Bonchev–Trinajstić information content (AvgIpc) is 3.36. The lowest BCUT2D eigenvalue weighted by Gasteiger charge is -2.25. The SMILES string of the molecule is CCOC(=O)C1=C(C)N=c2s/c(=C3\C(=O)N(C)c4ccccc43)c(=O)n2C1c1ccc(OCC)c(OC)c1. The second-order valence-corrected chi connectivity index (χ2v) is 9.70. The van der Waals surface area contributed by atoms with Crippen LogP contribution in [0.3, 0.4) is 0 Å². The standard InChI is InChI=1S/C28H27N3O6S/c1-6-36-19-13-12-16(14-20(19)35-5)23-21(27(34)37-7-2)15(3)29-28-31(23)26(33)24(38-28)22-17-10-8-9-11-18(17)30(4)25(22)32/h8-14,23H,6-7H2,1-5H3/b24-22-. The number of amides is 1. The van der Waals surface area contributed by atoms with Crippen molar-refractivity contribution >= 4 is 34.5 Å². The molecule has 38 heavy (non-hydrogen) atoms. The molecule has 2 aliphatic rings. The summed E-state index contributed by atoms with van der Waals surface area (Å²) in [5.41, 5.74) is 2.64. The Morgan fingerprint density at radius 1 is 1.08 bits per heavy atom. The van der Waals surface area contributed by atoms with E-state index in [-0.39, 0.29) is 22.6 Å². The highest BCUT2D eigenvalue weighted by atomic mass is 32.1. The fraction of sp³-hybridized carbons (Fsp3) is 0.286. The van der Waals surface area contributed by atoms with Gasteiger partial charge in [-0.2, -0.15) is 0 Å². The van der Waals surface area contributed by atoms with Gasteiger partial charge in [0, 0.05) is 12.6 Å². The number of thiazole rings is 1. The van der Waals surface area contributed by atoms with Gasteiger partial charge in [-0.15, -0.1) is 0 Å². The Labute approximate surface area is 222 Å². The molecule has 3 heterocycles. The number of nitrogens with zero attached hydrogens (tertiary/aromatic N) is 3. The van der Waals surface area contributed by atoms with Crippen LogP contribution in [0, 0.1) is 0 Å². The predicted octanol–water partition coefficient (Wildman–Crippen LogP) is 2.55. The molecular weight excluding hydrogens is 506 g/mol. The van der Waals surface area contributed by atoms with E-state index in [2.05, 4.69) is 4.99 Å². The molecule has 1 unspecified atom stereocenters. The van der Waals surface area contributed by atoms with E-state index in [4.69, 9.17) is 14.2 Å². The van der Waals surface area contributed by atoms with Gasteiger partial charge in [-0.25, -0.2) is 9.79 Å². The van der Waals surface area contributed by atoms with Crippen LogP contribution < -0.4 is 29.3 Å². The Kier molecular flexibility index (Phi) is 6.66. The van der Waals surface area contributed by atoms with Crippen molar-refractivity contribution in [2.45, 2.75) is 26.8 Å². The van der Waals surface area contributed by atoms with Gasteiger partial charge in [0.2, 0.25) is 0 Å². The van der Waals surface area contributed by atoms with E-state index < -0.39 is 17.6 Å². The predicted molar refractivity (Wildman–Crippen MR) is 143 cm³/mol. The van der Waals surface area contributed by atoms with Gasteiger partial charge >= 0.3 is 5.97 Å². The van der Waals surface area contributed by atoms with E-state index in [1.54, 1.807) is 39.1 Å². The van der Waals surface area contributed by atoms with Crippen LogP contribution in [0.4, 0.5) is 5.69 Å². The van der Waals surface area contributed by atoms with Gasteiger partial charge in [-0.1, -0.05) is 35.6 Å². The third kappa shape index (κ3) is 3.92. The Morgan fingerprint density at radius 2 is 1.84 bits per heavy atom. The molecule has 0 fully saturated rings. The molecule has 9 nitrogen and oxygen atoms in total. The molecule has 1 aromatic heterocycles. The highest BCUT2D eigenvalue weighted by Gasteiger charge is 2.36. The van der Waals surface area contributed by atoms with Gasteiger partial charge in [0.1, 0.15) is 4.53 Å². The summed E-state index contributed by atoms with van der Waals surface area (Å²) in [5.74, 6) is 0.181. The Morgan fingerprint density at radius 3 is 2.55 bits per heavy atom. The fourth-order valence-electron chi connectivity index (χ4n) is 4.88. The van der Waals surface area contributed by atoms with Gasteiger partial charge in [0.05, 0.1) is 48.9 Å². The number of allylic oxidation sites excluding steroid dienone is 1. The van der Waals surface area contributed by atoms with Crippen molar-refractivity contribution < 1.29 is 23.8 Å². The highest BCUT2D eigenvalue weighted by molar-refractivity contribution is 7.07. The minimum atomic E-state index is -0.839. The Balaban J connectivity index is 1.81. The zero-order valence-electron chi connectivity index (χ0n) is 21.7. The van der Waals surface area contributed by atoms with E-state index in [0.29, 0.717) is 45.3 Å². The van der Waals surface area contributed by atoms with Crippen LogP contribution in [0.25, 0.3) is 5.57 Å². The maximum absolute atomic E-state index is 14.1. The number of likely N-dealkylation sites (N-methyl/N-ethyl adjacent to an activating group) is 1. The molecule has 0 saturated heterocycles. The first kappa shape index (κ1) is 25.5. The van der Waals surface area contributed by atoms with Gasteiger partial charge in [0.15, 0.2) is 16.3 Å². The largest absolute Gasteiger partial charge is 0.493 e. The monoisotopic (exact) mass is 533 g/mol. The van der Waals surface area contributed by atoms with Gasteiger partial charge in [0.25, 0.3) is 11.5 Å². The molecule has 0 saturated carbocycles. The summed E-state index contributed by atoms with van der Waals surface area (Å²) in [5, 5.41) is 0. The minimum Gasteiger partial charge on any atom is -0.493 e. The number of esters is 1. The lowest BCUT2D eigenvalue weighted by atomic mass is 9.95. The van der Waals surface area contributed by atoms with Crippen LogP contribution in [0.1, 0.15) is 37.9 Å². The Bertz CT molecular complexity index is 1680. The summed E-state index contributed by atoms with van der Waals surface area (Å²) in [4.78, 5) is 47.1. The molecule has 0 aliphatic carbocycles.